The number of nitrogens with zero attached hydrogens (tertiary/aromatic N) is 4. The smallest absolute Gasteiger partial charge is 0.228 e. The normalized spacial score (nSPS) is 16.1. The fourth-order valence-corrected chi connectivity index (χ4v) is 3.34. The van der Waals surface area contributed by atoms with Crippen LogP contribution in [0.4, 0.5) is 5.69 Å². The molecule has 1 amide bonds. The Kier molecular flexibility index (Phi) is 7.32. The van der Waals surface area contributed by atoms with E-state index in [1.54, 1.807) is 4.80 Å². The van der Waals surface area contributed by atoms with Gasteiger partial charge >= 0.3 is 0 Å². The van der Waals surface area contributed by atoms with E-state index in [2.05, 4.69) is 26.0 Å². The molecule has 0 aliphatic carbocycles. The van der Waals surface area contributed by atoms with Gasteiger partial charge in [-0.05, 0) is 48.7 Å². The molecule has 0 bridgehead atoms. The molecule has 29 heavy (non-hydrogen) atoms. The number of anilines is 1. The molecular formula is C21H25ClN6O. The zero-order valence-electron chi connectivity index (χ0n) is 16.1. The largest absolute Gasteiger partial charge is 0.326 e. The minimum atomic E-state index is 0. The van der Waals surface area contributed by atoms with Crippen molar-refractivity contribution in [3.63, 3.8) is 0 Å². The summed E-state index contributed by atoms with van der Waals surface area (Å²) in [4.78, 5) is 13.9. The van der Waals surface area contributed by atoms with Crippen LogP contribution < -0.4 is 10.6 Å². The molecule has 1 aliphatic rings. The molecule has 2 N–H and O–H groups in total. The second kappa shape index (κ2) is 10.1. The second-order valence-electron chi connectivity index (χ2n) is 7.05. The molecule has 7 nitrogen and oxygen atoms in total. The molecule has 8 heteroatoms. The summed E-state index contributed by atoms with van der Waals surface area (Å²) in [6.45, 7) is 2.42. The van der Waals surface area contributed by atoms with E-state index in [9.17, 15) is 4.79 Å². The molecule has 1 aromatic heterocycles. The molecule has 0 saturated carbocycles. The first kappa shape index (κ1) is 21.0. The van der Waals surface area contributed by atoms with Gasteiger partial charge in [-0.3, -0.25) is 4.79 Å². The van der Waals surface area contributed by atoms with Crippen LogP contribution in [0.15, 0.2) is 54.6 Å². The zero-order chi connectivity index (χ0) is 19.2. The number of aromatic nitrogens is 4. The maximum atomic E-state index is 12.3. The number of amides is 1. The van der Waals surface area contributed by atoms with E-state index in [1.165, 1.54) is 0 Å². The second-order valence-corrected chi connectivity index (χ2v) is 7.05. The quantitative estimate of drug-likeness (QED) is 0.650. The van der Waals surface area contributed by atoms with Crippen LogP contribution in [0.3, 0.4) is 0 Å². The number of aryl methyl sites for hydroxylation is 2. The molecular weight excluding hydrogens is 388 g/mol. The van der Waals surface area contributed by atoms with Crippen LogP contribution in [0.25, 0.3) is 11.4 Å². The van der Waals surface area contributed by atoms with Crippen molar-refractivity contribution in [2.24, 2.45) is 5.92 Å². The third-order valence-corrected chi connectivity index (χ3v) is 4.97. The van der Waals surface area contributed by atoms with E-state index >= 15 is 0 Å². The third kappa shape index (κ3) is 5.62. The molecule has 2 aromatic carbocycles. The molecule has 1 aliphatic heterocycles. The highest BCUT2D eigenvalue weighted by molar-refractivity contribution is 5.92. The fraction of sp³-hybridized carbons (Fsp3) is 0.333. The average Bonchev–Trinajstić information content (AvgIpc) is 3.24. The summed E-state index contributed by atoms with van der Waals surface area (Å²) in [7, 11) is 0. The Bertz CT molecular complexity index is 906. The van der Waals surface area contributed by atoms with Gasteiger partial charge in [-0.15, -0.1) is 22.6 Å². The van der Waals surface area contributed by atoms with Gasteiger partial charge in [0.25, 0.3) is 0 Å². The predicted octanol–water partition coefficient (Wildman–Crippen LogP) is 2.94. The zero-order valence-corrected chi connectivity index (χ0v) is 16.9. The van der Waals surface area contributed by atoms with E-state index in [0.29, 0.717) is 12.4 Å². The molecule has 3 aromatic rings. The highest BCUT2D eigenvalue weighted by Crippen LogP contribution is 2.16. The Labute approximate surface area is 176 Å². The number of nitrogens with one attached hydrogen (secondary N) is 2. The highest BCUT2D eigenvalue weighted by atomic mass is 35.5. The lowest BCUT2D eigenvalue weighted by molar-refractivity contribution is -0.120. The molecule has 1 fully saturated rings. The molecule has 2 heterocycles. The first-order valence-electron chi connectivity index (χ1n) is 9.72. The number of piperidine rings is 1. The Morgan fingerprint density at radius 3 is 2.66 bits per heavy atom. The third-order valence-electron chi connectivity index (χ3n) is 4.97. The van der Waals surface area contributed by atoms with E-state index in [0.717, 1.165) is 49.2 Å². The standard InChI is InChI=1S/C21H24N6O.ClH/c28-21(18-7-4-13-22-15-18)23-19-10-8-16(9-11-19)12-14-27-25-20(24-26-27)17-5-2-1-3-6-17;/h1-3,5-6,8-11,18,22H,4,7,12-15H2,(H,23,28);1H. The van der Waals surface area contributed by atoms with Gasteiger partial charge in [0.05, 0.1) is 12.5 Å². The molecule has 1 unspecified atom stereocenters. The summed E-state index contributed by atoms with van der Waals surface area (Å²) in [5.41, 5.74) is 2.96. The van der Waals surface area contributed by atoms with Crippen molar-refractivity contribution in [3.8, 4) is 11.4 Å². The number of benzene rings is 2. The predicted molar refractivity (Wildman–Crippen MR) is 115 cm³/mol. The Balaban J connectivity index is 0.00000240. The summed E-state index contributed by atoms with van der Waals surface area (Å²) >= 11 is 0. The van der Waals surface area contributed by atoms with Crippen LogP contribution in [0, 0.1) is 5.92 Å². The molecule has 152 valence electrons. The van der Waals surface area contributed by atoms with Gasteiger partial charge in [0.2, 0.25) is 11.7 Å². The Hall–Kier alpha value is -2.77. The van der Waals surface area contributed by atoms with Gasteiger partial charge in [0.1, 0.15) is 0 Å². The van der Waals surface area contributed by atoms with Crippen molar-refractivity contribution >= 4 is 24.0 Å². The summed E-state index contributed by atoms with van der Waals surface area (Å²) in [6, 6.07) is 17.8. The summed E-state index contributed by atoms with van der Waals surface area (Å²) in [5, 5.41) is 19.0. The minimum absolute atomic E-state index is 0. The maximum absolute atomic E-state index is 12.3. The van der Waals surface area contributed by atoms with Crippen LogP contribution in [0.5, 0.6) is 0 Å². The van der Waals surface area contributed by atoms with Gasteiger partial charge in [-0.25, -0.2) is 0 Å². The van der Waals surface area contributed by atoms with Crippen LogP contribution in [0.2, 0.25) is 0 Å². The first-order chi connectivity index (χ1) is 13.8. The fourth-order valence-electron chi connectivity index (χ4n) is 3.34. The molecule has 1 atom stereocenters. The number of carbonyl (C=O) groups excluding carboxylic acids is 1. The number of halogens is 1. The number of tetrazole rings is 1. The summed E-state index contributed by atoms with van der Waals surface area (Å²) < 4.78 is 0. The number of rotatable bonds is 6. The van der Waals surface area contributed by atoms with Crippen LogP contribution in [-0.2, 0) is 17.8 Å². The van der Waals surface area contributed by atoms with E-state index in [4.69, 9.17) is 0 Å². The van der Waals surface area contributed by atoms with Gasteiger partial charge in [0.15, 0.2) is 0 Å². The van der Waals surface area contributed by atoms with Crippen molar-refractivity contribution in [3.05, 3.63) is 60.2 Å². The van der Waals surface area contributed by atoms with E-state index < -0.39 is 0 Å². The lowest BCUT2D eigenvalue weighted by Gasteiger charge is -2.21. The van der Waals surface area contributed by atoms with Crippen molar-refractivity contribution < 1.29 is 4.79 Å². The number of carbonyl (C=O) groups is 1. The molecule has 4 rings (SSSR count). The lowest BCUT2D eigenvalue weighted by Crippen LogP contribution is -2.37. The van der Waals surface area contributed by atoms with Crippen molar-refractivity contribution in [2.45, 2.75) is 25.8 Å². The van der Waals surface area contributed by atoms with Crippen molar-refractivity contribution in [1.29, 1.82) is 0 Å². The van der Waals surface area contributed by atoms with Crippen LogP contribution in [0.1, 0.15) is 18.4 Å². The van der Waals surface area contributed by atoms with Gasteiger partial charge in [-0.2, -0.15) is 4.80 Å². The minimum Gasteiger partial charge on any atom is -0.326 e. The van der Waals surface area contributed by atoms with Crippen molar-refractivity contribution in [2.75, 3.05) is 18.4 Å². The topological polar surface area (TPSA) is 84.7 Å². The van der Waals surface area contributed by atoms with Gasteiger partial charge in [-0.1, -0.05) is 42.5 Å². The lowest BCUT2D eigenvalue weighted by atomic mass is 9.99. The van der Waals surface area contributed by atoms with Crippen molar-refractivity contribution in [1.82, 2.24) is 25.5 Å². The maximum Gasteiger partial charge on any atom is 0.228 e. The van der Waals surface area contributed by atoms with Crippen LogP contribution >= 0.6 is 12.4 Å². The van der Waals surface area contributed by atoms with E-state index in [1.807, 2.05) is 54.6 Å². The number of hydrogen-bond acceptors (Lipinski definition) is 5. The Morgan fingerprint density at radius 2 is 1.93 bits per heavy atom. The Morgan fingerprint density at radius 1 is 1.14 bits per heavy atom. The molecule has 0 radical (unpaired) electrons. The van der Waals surface area contributed by atoms with Gasteiger partial charge < -0.3 is 10.6 Å². The summed E-state index contributed by atoms with van der Waals surface area (Å²) in [6.07, 6.45) is 2.80. The SMILES string of the molecule is Cl.O=C(Nc1ccc(CCn2nnc(-c3ccccc3)n2)cc1)C1CCCNC1. The molecule has 0 spiro atoms. The van der Waals surface area contributed by atoms with Gasteiger partial charge in [0, 0.05) is 17.8 Å². The van der Waals surface area contributed by atoms with Crippen LogP contribution in [-0.4, -0.2) is 39.2 Å². The van der Waals surface area contributed by atoms with E-state index in [-0.39, 0.29) is 24.2 Å². The highest BCUT2D eigenvalue weighted by Gasteiger charge is 2.20. The molecule has 1 saturated heterocycles. The monoisotopic (exact) mass is 412 g/mol. The average molecular weight is 413 g/mol. The first-order valence-corrected chi connectivity index (χ1v) is 9.72. The number of hydrogen-bond donors (Lipinski definition) is 2. The summed E-state index contributed by atoms with van der Waals surface area (Å²) in [5.74, 6) is 0.793.